The molecule has 1 aliphatic rings. The first-order chi connectivity index (χ1) is 15.6. The fraction of sp³-hybridized carbons (Fsp3) is 0.304. The molecule has 1 atom stereocenters. The van der Waals surface area contributed by atoms with Gasteiger partial charge >= 0.3 is 0 Å². The van der Waals surface area contributed by atoms with Crippen LogP contribution in [0.1, 0.15) is 36.9 Å². The van der Waals surface area contributed by atoms with Gasteiger partial charge in [0.05, 0.1) is 11.8 Å². The number of likely N-dealkylation sites (tertiary alicyclic amines) is 1. The summed E-state index contributed by atoms with van der Waals surface area (Å²) in [6.45, 7) is 1.29. The Morgan fingerprint density at radius 1 is 1.19 bits per heavy atom. The highest BCUT2D eigenvalue weighted by atomic mass is 19.1. The van der Waals surface area contributed by atoms with Crippen molar-refractivity contribution in [1.82, 2.24) is 24.5 Å². The number of piperidine rings is 1. The van der Waals surface area contributed by atoms with Gasteiger partial charge in [-0.25, -0.2) is 13.8 Å². The van der Waals surface area contributed by atoms with Gasteiger partial charge in [0.15, 0.2) is 17.3 Å². The Kier molecular flexibility index (Phi) is 5.38. The summed E-state index contributed by atoms with van der Waals surface area (Å²) in [6, 6.07) is 9.03. The lowest BCUT2D eigenvalue weighted by atomic mass is 9.97. The van der Waals surface area contributed by atoms with Crippen LogP contribution in [0.2, 0.25) is 0 Å². The van der Waals surface area contributed by atoms with Crippen LogP contribution in [0.25, 0.3) is 17.0 Å². The normalized spacial score (nSPS) is 16.6. The summed E-state index contributed by atoms with van der Waals surface area (Å²) in [4.78, 5) is 18.8. The van der Waals surface area contributed by atoms with Crippen LogP contribution < -0.4 is 0 Å². The summed E-state index contributed by atoms with van der Waals surface area (Å²) in [6.07, 6.45) is 5.71. The zero-order chi connectivity index (χ0) is 22.1. The van der Waals surface area contributed by atoms with Crippen molar-refractivity contribution in [3.05, 3.63) is 72.1 Å². The average molecular weight is 437 g/mol. The van der Waals surface area contributed by atoms with E-state index in [2.05, 4.69) is 15.2 Å². The summed E-state index contributed by atoms with van der Waals surface area (Å²) < 4.78 is 34.6. The van der Waals surface area contributed by atoms with Crippen LogP contribution in [0.4, 0.5) is 8.78 Å². The maximum Gasteiger partial charge on any atom is 0.223 e. The Labute approximate surface area is 182 Å². The molecule has 9 heteroatoms. The lowest BCUT2D eigenvalue weighted by Crippen LogP contribution is -2.39. The first-order valence-corrected chi connectivity index (χ1v) is 10.6. The minimum Gasteiger partial charge on any atom is -0.441 e. The highest BCUT2D eigenvalue weighted by Gasteiger charge is 2.28. The van der Waals surface area contributed by atoms with Crippen molar-refractivity contribution < 1.29 is 18.0 Å². The monoisotopic (exact) mass is 437 g/mol. The minimum atomic E-state index is -0.718. The second-order valence-electron chi connectivity index (χ2n) is 7.91. The molecule has 0 N–H and O–H groups in total. The van der Waals surface area contributed by atoms with Gasteiger partial charge in [-0.15, -0.1) is 10.2 Å². The Hall–Kier alpha value is -3.62. The fourth-order valence-corrected chi connectivity index (χ4v) is 4.16. The molecule has 164 valence electrons. The van der Waals surface area contributed by atoms with Gasteiger partial charge in [-0.2, -0.15) is 0 Å². The number of pyridine rings is 1. The molecule has 1 aliphatic heterocycles. The summed E-state index contributed by atoms with van der Waals surface area (Å²) in [5.41, 5.74) is 0.930. The number of rotatable bonds is 5. The molecule has 4 heterocycles. The largest absolute Gasteiger partial charge is 0.441 e. The van der Waals surface area contributed by atoms with Crippen molar-refractivity contribution >= 4 is 11.6 Å². The number of hydrogen-bond donors (Lipinski definition) is 0. The molecule has 1 saturated heterocycles. The van der Waals surface area contributed by atoms with Gasteiger partial charge in [-0.05, 0) is 37.1 Å². The van der Waals surface area contributed by atoms with Crippen LogP contribution in [0.5, 0.6) is 0 Å². The zero-order valence-corrected chi connectivity index (χ0v) is 17.2. The number of nitrogens with zero attached hydrogens (tertiary/aromatic N) is 5. The molecule has 1 fully saturated rings. The Balaban J connectivity index is 1.22. The van der Waals surface area contributed by atoms with Crippen LogP contribution in [0.3, 0.4) is 0 Å². The number of carbonyl (C=O) groups is 1. The molecule has 0 aliphatic carbocycles. The van der Waals surface area contributed by atoms with E-state index in [9.17, 15) is 13.6 Å². The molecule has 32 heavy (non-hydrogen) atoms. The smallest absolute Gasteiger partial charge is 0.223 e. The second-order valence-corrected chi connectivity index (χ2v) is 7.91. The van der Waals surface area contributed by atoms with Crippen LogP contribution in [0.15, 0.2) is 53.2 Å². The maximum atomic E-state index is 14.0. The summed E-state index contributed by atoms with van der Waals surface area (Å²) in [5, 5.41) is 8.57. The first kappa shape index (κ1) is 20.3. The third kappa shape index (κ3) is 3.98. The van der Waals surface area contributed by atoms with Gasteiger partial charge in [0.1, 0.15) is 17.5 Å². The van der Waals surface area contributed by atoms with E-state index in [0.717, 1.165) is 36.4 Å². The highest BCUT2D eigenvalue weighted by molar-refractivity contribution is 5.76. The van der Waals surface area contributed by atoms with Gasteiger partial charge in [0.2, 0.25) is 5.91 Å². The molecule has 0 saturated carbocycles. The summed E-state index contributed by atoms with van der Waals surface area (Å²) >= 11 is 0. The van der Waals surface area contributed by atoms with Crippen LogP contribution in [-0.2, 0) is 11.2 Å². The number of amides is 1. The zero-order valence-electron chi connectivity index (χ0n) is 17.2. The molecule has 7 nitrogen and oxygen atoms in total. The molecule has 4 aromatic rings. The van der Waals surface area contributed by atoms with Crippen molar-refractivity contribution in [3.63, 3.8) is 0 Å². The van der Waals surface area contributed by atoms with E-state index in [1.165, 1.54) is 12.3 Å². The number of aryl methyl sites for hydroxylation is 1. The molecule has 1 aromatic carbocycles. The van der Waals surface area contributed by atoms with E-state index in [-0.39, 0.29) is 29.6 Å². The molecule has 3 aromatic heterocycles. The second kappa shape index (κ2) is 8.49. The first-order valence-electron chi connectivity index (χ1n) is 10.6. The average Bonchev–Trinajstić information content (AvgIpc) is 3.45. The van der Waals surface area contributed by atoms with Crippen molar-refractivity contribution in [2.75, 3.05) is 13.1 Å². The van der Waals surface area contributed by atoms with E-state index in [4.69, 9.17) is 4.42 Å². The molecular weight excluding hydrogens is 416 g/mol. The van der Waals surface area contributed by atoms with Gasteiger partial charge in [-0.1, -0.05) is 6.07 Å². The predicted molar refractivity (Wildman–Crippen MR) is 112 cm³/mol. The number of fused-ring (bicyclic) bond motifs is 1. The van der Waals surface area contributed by atoms with E-state index < -0.39 is 11.6 Å². The Morgan fingerprint density at radius 3 is 2.97 bits per heavy atom. The van der Waals surface area contributed by atoms with Gasteiger partial charge < -0.3 is 9.32 Å². The molecule has 0 radical (unpaired) electrons. The van der Waals surface area contributed by atoms with Gasteiger partial charge in [0.25, 0.3) is 0 Å². The van der Waals surface area contributed by atoms with Crippen LogP contribution >= 0.6 is 0 Å². The van der Waals surface area contributed by atoms with Crippen molar-refractivity contribution in [2.45, 2.75) is 31.6 Å². The third-order valence-corrected chi connectivity index (χ3v) is 5.78. The number of carbonyl (C=O) groups excluding carboxylic acids is 1. The predicted octanol–water partition coefficient (Wildman–Crippen LogP) is 4.00. The highest BCUT2D eigenvalue weighted by Crippen LogP contribution is 2.27. The fourth-order valence-electron chi connectivity index (χ4n) is 4.16. The molecule has 1 amide bonds. The molecule has 0 bridgehead atoms. The van der Waals surface area contributed by atoms with Crippen LogP contribution in [0, 0.1) is 11.6 Å². The van der Waals surface area contributed by atoms with E-state index in [1.807, 2.05) is 33.7 Å². The molecule has 5 rings (SSSR count). The maximum absolute atomic E-state index is 14.0. The lowest BCUT2D eigenvalue weighted by molar-refractivity contribution is -0.132. The van der Waals surface area contributed by atoms with Crippen molar-refractivity contribution in [1.29, 1.82) is 0 Å². The quantitative estimate of drug-likeness (QED) is 0.472. The molecule has 1 unspecified atom stereocenters. The minimum absolute atomic E-state index is 0.0104. The number of halogens is 2. The van der Waals surface area contributed by atoms with E-state index >= 15 is 0 Å². The standard InChI is InChI=1S/C23H21F2N5O2/c24-16-6-7-17(18(25)12-16)19-13-26-21(32-19)8-9-22(31)29-10-3-4-15(14-29)23-28-27-20-5-1-2-11-30(20)23/h1-2,5-7,11-13,15H,3-4,8-10,14H2. The summed E-state index contributed by atoms with van der Waals surface area (Å²) in [7, 11) is 0. The van der Waals surface area contributed by atoms with Gasteiger partial charge in [-0.3, -0.25) is 9.20 Å². The number of aromatic nitrogens is 4. The van der Waals surface area contributed by atoms with Crippen molar-refractivity contribution in [2.24, 2.45) is 0 Å². The summed E-state index contributed by atoms with van der Waals surface area (Å²) in [5.74, 6) is 0.184. The van der Waals surface area contributed by atoms with Crippen LogP contribution in [-0.4, -0.2) is 43.5 Å². The lowest BCUT2D eigenvalue weighted by Gasteiger charge is -2.32. The molecular formula is C23H21F2N5O2. The third-order valence-electron chi connectivity index (χ3n) is 5.78. The number of oxazole rings is 1. The Bertz CT molecular complexity index is 1270. The number of benzene rings is 1. The molecule has 0 spiro atoms. The van der Waals surface area contributed by atoms with Gasteiger partial charge in [0, 0.05) is 44.1 Å². The number of hydrogen-bond acceptors (Lipinski definition) is 5. The van der Waals surface area contributed by atoms with E-state index in [0.29, 0.717) is 25.4 Å². The topological polar surface area (TPSA) is 76.5 Å². The SMILES string of the molecule is O=C(CCc1ncc(-c2ccc(F)cc2F)o1)N1CCCC(c2nnc3ccccn23)C1. The Morgan fingerprint density at radius 2 is 2.09 bits per heavy atom. The van der Waals surface area contributed by atoms with E-state index in [1.54, 1.807) is 0 Å². The van der Waals surface area contributed by atoms with Crippen molar-refractivity contribution in [3.8, 4) is 11.3 Å².